The quantitative estimate of drug-likeness (QED) is 0.807. The molecule has 2 nitrogen and oxygen atoms in total. The molecule has 1 atom stereocenters. The highest BCUT2D eigenvalue weighted by molar-refractivity contribution is 5.85. The molecule has 1 aromatic heterocycles. The van der Waals surface area contributed by atoms with Crippen LogP contribution < -0.4 is 5.73 Å². The van der Waals surface area contributed by atoms with Gasteiger partial charge in [0.1, 0.15) is 0 Å². The predicted octanol–water partition coefficient (Wildman–Crippen LogP) is 3.72. The van der Waals surface area contributed by atoms with Gasteiger partial charge in [-0.3, -0.25) is 0 Å². The first-order chi connectivity index (χ1) is 9.24. The molecule has 0 aliphatic heterocycles. The Morgan fingerprint density at radius 1 is 1.16 bits per heavy atom. The average molecular weight is 256 g/mol. The zero-order valence-corrected chi connectivity index (χ0v) is 11.8. The Hall–Kier alpha value is -1.28. The van der Waals surface area contributed by atoms with Gasteiger partial charge in [0.25, 0.3) is 0 Å². The van der Waals surface area contributed by atoms with E-state index in [9.17, 15) is 0 Å². The number of H-pyrrole nitrogens is 1. The topological polar surface area (TPSA) is 41.8 Å². The van der Waals surface area contributed by atoms with Gasteiger partial charge in [-0.25, -0.2) is 0 Å². The first kappa shape index (κ1) is 12.7. The van der Waals surface area contributed by atoms with Crippen molar-refractivity contribution in [2.75, 3.05) is 0 Å². The number of aromatic amines is 1. The fourth-order valence-corrected chi connectivity index (χ4v) is 3.18. The molecule has 3 rings (SSSR count). The number of hydrogen-bond acceptors (Lipinski definition) is 1. The molecule has 102 valence electrons. The number of aryl methyl sites for hydroxylation is 3. The van der Waals surface area contributed by atoms with Gasteiger partial charge in [-0.2, -0.15) is 0 Å². The van der Waals surface area contributed by atoms with Gasteiger partial charge in [0.05, 0.1) is 0 Å². The van der Waals surface area contributed by atoms with E-state index in [0.717, 1.165) is 12.8 Å². The van der Waals surface area contributed by atoms with Gasteiger partial charge in [-0.1, -0.05) is 6.42 Å². The first-order valence-corrected chi connectivity index (χ1v) is 7.61. The Labute approximate surface area is 115 Å². The lowest BCUT2D eigenvalue weighted by Gasteiger charge is -2.08. The summed E-state index contributed by atoms with van der Waals surface area (Å²) in [5, 5.41) is 1.42. The zero-order chi connectivity index (χ0) is 13.2. The summed E-state index contributed by atoms with van der Waals surface area (Å²) >= 11 is 0. The smallest absolute Gasteiger partial charge is 0.0459 e. The highest BCUT2D eigenvalue weighted by Crippen LogP contribution is 2.28. The summed E-state index contributed by atoms with van der Waals surface area (Å²) in [5.74, 6) is 0. The number of hydrogen-bond donors (Lipinski definition) is 2. The number of fused-ring (bicyclic) bond motifs is 2. The van der Waals surface area contributed by atoms with E-state index < -0.39 is 0 Å². The van der Waals surface area contributed by atoms with Crippen LogP contribution in [-0.2, 0) is 19.3 Å². The molecule has 1 unspecified atom stereocenters. The maximum atomic E-state index is 5.87. The molecule has 0 saturated carbocycles. The van der Waals surface area contributed by atoms with Crippen molar-refractivity contribution < 1.29 is 0 Å². The summed E-state index contributed by atoms with van der Waals surface area (Å²) in [7, 11) is 0. The standard InChI is InChI=1S/C17H24N2/c1-12(18)7-8-15-11-19-17-10-14-6-4-2-3-5-13(14)9-16(15)17/h9-12,19H,2-8,18H2,1H3. The van der Waals surface area contributed by atoms with Crippen molar-refractivity contribution in [2.24, 2.45) is 5.73 Å². The highest BCUT2D eigenvalue weighted by Gasteiger charge is 2.12. The number of aromatic nitrogens is 1. The third-order valence-corrected chi connectivity index (χ3v) is 4.35. The third-order valence-electron chi connectivity index (χ3n) is 4.35. The van der Waals surface area contributed by atoms with Crippen molar-refractivity contribution in [2.45, 2.75) is 57.9 Å². The summed E-state index contributed by atoms with van der Waals surface area (Å²) < 4.78 is 0. The van der Waals surface area contributed by atoms with Crippen molar-refractivity contribution >= 4 is 10.9 Å². The monoisotopic (exact) mass is 256 g/mol. The molecule has 1 aromatic carbocycles. The van der Waals surface area contributed by atoms with Gasteiger partial charge < -0.3 is 10.7 Å². The lowest BCUT2D eigenvalue weighted by atomic mass is 9.98. The van der Waals surface area contributed by atoms with Crippen LogP contribution in [0.25, 0.3) is 10.9 Å². The Kier molecular flexibility index (Phi) is 3.61. The largest absolute Gasteiger partial charge is 0.361 e. The minimum atomic E-state index is 0.283. The first-order valence-electron chi connectivity index (χ1n) is 7.61. The maximum absolute atomic E-state index is 5.87. The number of nitrogens with two attached hydrogens (primary N) is 1. The second-order valence-corrected chi connectivity index (χ2v) is 6.06. The molecule has 0 fully saturated rings. The van der Waals surface area contributed by atoms with Crippen LogP contribution in [0.15, 0.2) is 18.3 Å². The van der Waals surface area contributed by atoms with Gasteiger partial charge in [0, 0.05) is 23.1 Å². The minimum absolute atomic E-state index is 0.283. The molecule has 0 radical (unpaired) electrons. The maximum Gasteiger partial charge on any atom is 0.0459 e. The Morgan fingerprint density at radius 2 is 1.89 bits per heavy atom. The highest BCUT2D eigenvalue weighted by atomic mass is 14.7. The molecule has 2 heteroatoms. The van der Waals surface area contributed by atoms with E-state index in [1.54, 1.807) is 11.1 Å². The summed E-state index contributed by atoms with van der Waals surface area (Å²) in [5.41, 5.74) is 11.7. The second-order valence-electron chi connectivity index (χ2n) is 6.06. The van der Waals surface area contributed by atoms with Crippen molar-refractivity contribution in [1.82, 2.24) is 4.98 Å². The Bertz CT molecular complexity index is 566. The molecule has 1 heterocycles. The van der Waals surface area contributed by atoms with Gasteiger partial charge in [0.2, 0.25) is 0 Å². The van der Waals surface area contributed by atoms with Crippen LogP contribution in [0.1, 0.15) is 49.3 Å². The Morgan fingerprint density at radius 3 is 2.63 bits per heavy atom. The molecule has 0 amide bonds. The van der Waals surface area contributed by atoms with Crippen LogP contribution in [0.4, 0.5) is 0 Å². The lowest BCUT2D eigenvalue weighted by molar-refractivity contribution is 0.668. The molecular weight excluding hydrogens is 232 g/mol. The summed E-state index contributed by atoms with van der Waals surface area (Å²) in [6.07, 6.45) is 10.9. The van der Waals surface area contributed by atoms with E-state index >= 15 is 0 Å². The average Bonchev–Trinajstić information content (AvgIpc) is 2.62. The predicted molar refractivity (Wildman–Crippen MR) is 81.5 cm³/mol. The lowest BCUT2D eigenvalue weighted by Crippen LogP contribution is -2.15. The van der Waals surface area contributed by atoms with Gasteiger partial charge in [-0.15, -0.1) is 0 Å². The van der Waals surface area contributed by atoms with E-state index in [-0.39, 0.29) is 6.04 Å². The van der Waals surface area contributed by atoms with Crippen LogP contribution >= 0.6 is 0 Å². The van der Waals surface area contributed by atoms with Crippen molar-refractivity contribution in [3.8, 4) is 0 Å². The van der Waals surface area contributed by atoms with Crippen LogP contribution in [0.2, 0.25) is 0 Å². The number of benzene rings is 1. The summed E-state index contributed by atoms with van der Waals surface area (Å²) in [4.78, 5) is 3.44. The number of rotatable bonds is 3. The third kappa shape index (κ3) is 2.69. The molecular formula is C17H24N2. The van der Waals surface area contributed by atoms with Crippen molar-refractivity contribution in [3.05, 3.63) is 35.0 Å². The van der Waals surface area contributed by atoms with Crippen molar-refractivity contribution in [1.29, 1.82) is 0 Å². The summed E-state index contributed by atoms with van der Waals surface area (Å²) in [6, 6.07) is 5.10. The minimum Gasteiger partial charge on any atom is -0.361 e. The molecule has 1 aliphatic carbocycles. The summed E-state index contributed by atoms with van der Waals surface area (Å²) in [6.45, 7) is 2.08. The molecule has 0 spiro atoms. The number of nitrogens with one attached hydrogen (secondary N) is 1. The molecule has 1 aliphatic rings. The van der Waals surface area contributed by atoms with Gasteiger partial charge in [-0.05, 0) is 74.3 Å². The Balaban J connectivity index is 1.96. The second kappa shape index (κ2) is 5.38. The van der Waals surface area contributed by atoms with Crippen molar-refractivity contribution in [3.63, 3.8) is 0 Å². The fourth-order valence-electron chi connectivity index (χ4n) is 3.18. The molecule has 0 saturated heterocycles. The van der Waals surface area contributed by atoms with Gasteiger partial charge in [0.15, 0.2) is 0 Å². The van der Waals surface area contributed by atoms with E-state index in [4.69, 9.17) is 5.73 Å². The van der Waals surface area contributed by atoms with Gasteiger partial charge >= 0.3 is 0 Å². The SMILES string of the molecule is CC(N)CCc1c[nH]c2cc3c(cc12)CCCCC3. The van der Waals surface area contributed by atoms with E-state index in [1.807, 2.05) is 0 Å². The molecule has 3 N–H and O–H groups in total. The van der Waals surface area contributed by atoms with E-state index in [0.29, 0.717) is 0 Å². The fraction of sp³-hybridized carbons (Fsp3) is 0.529. The van der Waals surface area contributed by atoms with Crippen LogP contribution in [-0.4, -0.2) is 11.0 Å². The normalized spacial score (nSPS) is 17.2. The molecule has 19 heavy (non-hydrogen) atoms. The molecule has 2 aromatic rings. The van der Waals surface area contributed by atoms with Crippen LogP contribution in [0.5, 0.6) is 0 Å². The van der Waals surface area contributed by atoms with Crippen LogP contribution in [0, 0.1) is 0 Å². The van der Waals surface area contributed by atoms with E-state index in [2.05, 4.69) is 30.2 Å². The van der Waals surface area contributed by atoms with E-state index in [1.165, 1.54) is 48.6 Å². The van der Waals surface area contributed by atoms with Crippen LogP contribution in [0.3, 0.4) is 0 Å². The zero-order valence-electron chi connectivity index (χ0n) is 11.8. The molecule has 0 bridgehead atoms.